The molecule has 0 saturated carbocycles. The topological polar surface area (TPSA) is 39.7 Å². The van der Waals surface area contributed by atoms with Crippen molar-refractivity contribution in [2.45, 2.75) is 44.9 Å². The van der Waals surface area contributed by atoms with Gasteiger partial charge in [0.2, 0.25) is 0 Å². The molecule has 1 aromatic rings. The monoisotopic (exact) mass is 293 g/mol. The summed E-state index contributed by atoms with van der Waals surface area (Å²) >= 11 is 0. The maximum atomic E-state index is 6.32. The second-order valence-corrected chi connectivity index (χ2v) is 5.77. The first-order valence-electron chi connectivity index (χ1n) is 7.79. The second kappa shape index (κ2) is 8.37. The van der Waals surface area contributed by atoms with Crippen LogP contribution >= 0.6 is 0 Å². The zero-order chi connectivity index (χ0) is 15.1. The molecule has 21 heavy (non-hydrogen) atoms. The zero-order valence-corrected chi connectivity index (χ0v) is 13.3. The molecule has 0 spiro atoms. The summed E-state index contributed by atoms with van der Waals surface area (Å²) in [5, 5.41) is 3.47. The fourth-order valence-corrected chi connectivity index (χ4v) is 2.45. The Morgan fingerprint density at radius 3 is 2.43 bits per heavy atom. The van der Waals surface area contributed by atoms with Gasteiger partial charge < -0.3 is 19.5 Å². The molecule has 1 fully saturated rings. The Labute approximate surface area is 127 Å². The molecule has 1 aliphatic rings. The molecule has 2 rings (SSSR count). The SMILES string of the molecule is COc1ccc(C(CNC(C)C)OC2CCOCC2)cc1. The van der Waals surface area contributed by atoms with E-state index in [4.69, 9.17) is 14.2 Å². The maximum Gasteiger partial charge on any atom is 0.118 e. The third-order valence-corrected chi connectivity index (χ3v) is 3.72. The summed E-state index contributed by atoms with van der Waals surface area (Å²) in [6.07, 6.45) is 2.32. The number of methoxy groups -OCH3 is 1. The van der Waals surface area contributed by atoms with Gasteiger partial charge >= 0.3 is 0 Å². The lowest BCUT2D eigenvalue weighted by Crippen LogP contribution is -2.33. The molecule has 118 valence electrons. The number of ether oxygens (including phenoxy) is 3. The molecule has 0 aromatic heterocycles. The largest absolute Gasteiger partial charge is 0.497 e. The van der Waals surface area contributed by atoms with Crippen molar-refractivity contribution < 1.29 is 14.2 Å². The van der Waals surface area contributed by atoms with Crippen LogP contribution in [0.3, 0.4) is 0 Å². The number of rotatable bonds is 7. The van der Waals surface area contributed by atoms with Crippen molar-refractivity contribution in [3.8, 4) is 5.75 Å². The molecule has 0 bridgehead atoms. The minimum atomic E-state index is 0.0707. The van der Waals surface area contributed by atoms with E-state index in [1.165, 1.54) is 5.56 Å². The zero-order valence-electron chi connectivity index (χ0n) is 13.3. The van der Waals surface area contributed by atoms with Crippen molar-refractivity contribution in [2.24, 2.45) is 0 Å². The van der Waals surface area contributed by atoms with Gasteiger partial charge in [-0.25, -0.2) is 0 Å². The smallest absolute Gasteiger partial charge is 0.118 e. The summed E-state index contributed by atoms with van der Waals surface area (Å²) in [7, 11) is 1.69. The lowest BCUT2D eigenvalue weighted by molar-refractivity contribution is -0.0693. The summed E-state index contributed by atoms with van der Waals surface area (Å²) < 4.78 is 16.9. The highest BCUT2D eigenvalue weighted by atomic mass is 16.5. The van der Waals surface area contributed by atoms with E-state index in [1.807, 2.05) is 12.1 Å². The first kappa shape index (κ1) is 16.3. The van der Waals surface area contributed by atoms with Gasteiger partial charge in [0.15, 0.2) is 0 Å². The highest BCUT2D eigenvalue weighted by Crippen LogP contribution is 2.24. The molecule has 1 aromatic carbocycles. The number of hydrogen-bond acceptors (Lipinski definition) is 4. The number of nitrogens with one attached hydrogen (secondary N) is 1. The van der Waals surface area contributed by atoms with Crippen molar-refractivity contribution in [3.05, 3.63) is 29.8 Å². The van der Waals surface area contributed by atoms with Crippen LogP contribution in [-0.4, -0.2) is 39.0 Å². The summed E-state index contributed by atoms with van der Waals surface area (Å²) in [5.41, 5.74) is 1.19. The number of hydrogen-bond donors (Lipinski definition) is 1. The van der Waals surface area contributed by atoms with Crippen molar-refractivity contribution >= 4 is 0 Å². The molecule has 0 radical (unpaired) electrons. The Hall–Kier alpha value is -1.10. The fraction of sp³-hybridized carbons (Fsp3) is 0.647. The highest BCUT2D eigenvalue weighted by molar-refractivity contribution is 5.28. The van der Waals surface area contributed by atoms with E-state index in [0.29, 0.717) is 12.1 Å². The average molecular weight is 293 g/mol. The summed E-state index contributed by atoms with van der Waals surface area (Å²) in [4.78, 5) is 0. The average Bonchev–Trinajstić information content (AvgIpc) is 2.52. The Balaban J connectivity index is 2.02. The summed E-state index contributed by atoms with van der Waals surface area (Å²) in [5.74, 6) is 0.875. The molecule has 0 amide bonds. The van der Waals surface area contributed by atoms with Gasteiger partial charge in [-0.3, -0.25) is 0 Å². The van der Waals surface area contributed by atoms with Gasteiger partial charge in [-0.15, -0.1) is 0 Å². The van der Waals surface area contributed by atoms with Crippen LogP contribution in [0, 0.1) is 0 Å². The first-order valence-corrected chi connectivity index (χ1v) is 7.79. The van der Waals surface area contributed by atoms with Crippen molar-refractivity contribution in [1.29, 1.82) is 0 Å². The molecule has 1 aliphatic heterocycles. The minimum Gasteiger partial charge on any atom is -0.497 e. The molecule has 4 nitrogen and oxygen atoms in total. The van der Waals surface area contributed by atoms with E-state index in [-0.39, 0.29) is 6.10 Å². The van der Waals surface area contributed by atoms with Crippen LogP contribution in [0.2, 0.25) is 0 Å². The van der Waals surface area contributed by atoms with Crippen LogP contribution in [0.15, 0.2) is 24.3 Å². The molecule has 1 heterocycles. The third kappa shape index (κ3) is 5.30. The van der Waals surface area contributed by atoms with E-state index < -0.39 is 0 Å². The van der Waals surface area contributed by atoms with E-state index in [1.54, 1.807) is 7.11 Å². The van der Waals surface area contributed by atoms with Crippen LogP contribution in [-0.2, 0) is 9.47 Å². The van der Waals surface area contributed by atoms with Crippen molar-refractivity contribution in [3.63, 3.8) is 0 Å². The third-order valence-electron chi connectivity index (χ3n) is 3.72. The Morgan fingerprint density at radius 2 is 1.86 bits per heavy atom. The van der Waals surface area contributed by atoms with Gasteiger partial charge in [0, 0.05) is 25.8 Å². The molecule has 1 N–H and O–H groups in total. The van der Waals surface area contributed by atoms with Crippen LogP contribution in [0.25, 0.3) is 0 Å². The van der Waals surface area contributed by atoms with Crippen LogP contribution in [0.4, 0.5) is 0 Å². The van der Waals surface area contributed by atoms with Gasteiger partial charge in [-0.2, -0.15) is 0 Å². The lowest BCUT2D eigenvalue weighted by atomic mass is 10.1. The van der Waals surface area contributed by atoms with E-state index in [2.05, 4.69) is 31.3 Å². The second-order valence-electron chi connectivity index (χ2n) is 5.77. The van der Waals surface area contributed by atoms with Gasteiger partial charge in [0.25, 0.3) is 0 Å². The Kier molecular flexibility index (Phi) is 6.49. The lowest BCUT2D eigenvalue weighted by Gasteiger charge is -2.29. The van der Waals surface area contributed by atoms with E-state index in [9.17, 15) is 0 Å². The molecule has 4 heteroatoms. The van der Waals surface area contributed by atoms with Gasteiger partial charge in [0.05, 0.1) is 19.3 Å². The molecule has 0 aliphatic carbocycles. The molecule has 1 saturated heterocycles. The highest BCUT2D eigenvalue weighted by Gasteiger charge is 2.21. The summed E-state index contributed by atoms with van der Waals surface area (Å²) in [6.45, 7) is 6.73. The normalized spacial score (nSPS) is 17.9. The minimum absolute atomic E-state index is 0.0707. The van der Waals surface area contributed by atoms with Crippen molar-refractivity contribution in [2.75, 3.05) is 26.9 Å². The number of benzene rings is 1. The van der Waals surface area contributed by atoms with Crippen LogP contribution in [0.5, 0.6) is 5.75 Å². The predicted molar refractivity (Wildman–Crippen MR) is 83.8 cm³/mol. The summed E-state index contributed by atoms with van der Waals surface area (Å²) in [6, 6.07) is 8.61. The molecule has 1 atom stereocenters. The Morgan fingerprint density at radius 1 is 1.19 bits per heavy atom. The van der Waals surface area contributed by atoms with Gasteiger partial charge in [-0.1, -0.05) is 26.0 Å². The molecular weight excluding hydrogens is 266 g/mol. The standard InChI is InChI=1S/C17H27NO3/c1-13(2)18-12-17(21-16-8-10-20-11-9-16)14-4-6-15(19-3)7-5-14/h4-7,13,16-18H,8-12H2,1-3H3. The van der Waals surface area contributed by atoms with E-state index >= 15 is 0 Å². The Bertz CT molecular complexity index is 399. The van der Waals surface area contributed by atoms with E-state index in [0.717, 1.165) is 38.3 Å². The quantitative estimate of drug-likeness (QED) is 0.839. The van der Waals surface area contributed by atoms with Gasteiger partial charge in [0.1, 0.15) is 5.75 Å². The predicted octanol–water partition coefficient (Wildman–Crippen LogP) is 2.93. The van der Waals surface area contributed by atoms with Crippen molar-refractivity contribution in [1.82, 2.24) is 5.32 Å². The molecule has 1 unspecified atom stereocenters. The first-order chi connectivity index (χ1) is 10.2. The fourth-order valence-electron chi connectivity index (χ4n) is 2.45. The maximum absolute atomic E-state index is 6.32. The van der Waals surface area contributed by atoms with Gasteiger partial charge in [-0.05, 0) is 30.5 Å². The van der Waals surface area contributed by atoms with Crippen LogP contribution in [0.1, 0.15) is 38.4 Å². The molecular formula is C17H27NO3. The van der Waals surface area contributed by atoms with Crippen LogP contribution < -0.4 is 10.1 Å².